The van der Waals surface area contributed by atoms with E-state index < -0.39 is 5.91 Å². The van der Waals surface area contributed by atoms with Crippen LogP contribution in [-0.4, -0.2) is 5.91 Å². The van der Waals surface area contributed by atoms with Crippen molar-refractivity contribution in [2.75, 3.05) is 5.32 Å². The Morgan fingerprint density at radius 3 is 2.17 bits per heavy atom. The lowest BCUT2D eigenvalue weighted by Gasteiger charge is -2.18. The Hall–Kier alpha value is -2.38. The normalized spacial score (nSPS) is 11.7. The van der Waals surface area contributed by atoms with E-state index in [1.165, 1.54) is 5.56 Å². The molecule has 2 rings (SSSR count). The molecule has 1 N–H and O–H groups in total. The van der Waals surface area contributed by atoms with Crippen molar-refractivity contribution in [3.63, 3.8) is 0 Å². The average Bonchev–Trinajstić information content (AvgIpc) is 2.54. The molecule has 0 radical (unpaired) electrons. The third-order valence-corrected chi connectivity index (χ3v) is 4.08. The number of carbonyl (C=O) groups excluding carboxylic acids is 1. The first kappa shape index (κ1) is 18.0. The molecule has 0 atom stereocenters. The van der Waals surface area contributed by atoms with E-state index in [1.807, 2.05) is 42.5 Å². The number of carbonyl (C=O) groups is 1. The minimum absolute atomic E-state index is 0.0687. The second kappa shape index (κ2) is 7.46. The van der Waals surface area contributed by atoms with E-state index in [9.17, 15) is 10.1 Å². The summed E-state index contributed by atoms with van der Waals surface area (Å²) in [6.45, 7) is 6.43. The van der Waals surface area contributed by atoms with Gasteiger partial charge >= 0.3 is 0 Å². The minimum atomic E-state index is -0.417. The van der Waals surface area contributed by atoms with E-state index >= 15 is 0 Å². The lowest BCUT2D eigenvalue weighted by molar-refractivity contribution is -0.112. The van der Waals surface area contributed by atoms with E-state index in [2.05, 4.69) is 42.0 Å². The van der Waals surface area contributed by atoms with E-state index in [4.69, 9.17) is 0 Å². The zero-order valence-corrected chi connectivity index (χ0v) is 15.5. The number of anilines is 1. The first-order valence-corrected chi connectivity index (χ1v) is 8.38. The summed E-state index contributed by atoms with van der Waals surface area (Å²) >= 11 is 3.34. The molecule has 0 heterocycles. The van der Waals surface area contributed by atoms with E-state index in [0.717, 1.165) is 10.0 Å². The predicted octanol–water partition coefficient (Wildman–Crippen LogP) is 5.29. The lowest BCUT2D eigenvalue weighted by Crippen LogP contribution is -2.13. The first-order valence-electron chi connectivity index (χ1n) is 7.59. The van der Waals surface area contributed by atoms with Gasteiger partial charge in [-0.3, -0.25) is 4.79 Å². The van der Waals surface area contributed by atoms with Crippen LogP contribution in [0, 0.1) is 11.3 Å². The molecule has 1 amide bonds. The molecule has 0 spiro atoms. The molecule has 24 heavy (non-hydrogen) atoms. The molecule has 2 aromatic rings. The molecule has 4 heteroatoms. The van der Waals surface area contributed by atoms with Crippen LogP contribution in [0.2, 0.25) is 0 Å². The molecule has 0 aliphatic carbocycles. The molecule has 0 unspecified atom stereocenters. The van der Waals surface area contributed by atoms with Crippen LogP contribution in [-0.2, 0) is 10.2 Å². The van der Waals surface area contributed by atoms with Gasteiger partial charge in [0.05, 0.1) is 0 Å². The number of benzene rings is 2. The number of nitriles is 1. The Labute approximate surface area is 151 Å². The van der Waals surface area contributed by atoms with Crippen LogP contribution in [0.3, 0.4) is 0 Å². The van der Waals surface area contributed by atoms with Gasteiger partial charge in [0.1, 0.15) is 11.6 Å². The lowest BCUT2D eigenvalue weighted by atomic mass is 9.86. The summed E-state index contributed by atoms with van der Waals surface area (Å²) in [6.07, 6.45) is 1.60. The Kier molecular flexibility index (Phi) is 5.58. The summed E-state index contributed by atoms with van der Waals surface area (Å²) < 4.78 is 0.926. The zero-order valence-electron chi connectivity index (χ0n) is 13.9. The minimum Gasteiger partial charge on any atom is -0.321 e. The Morgan fingerprint density at radius 1 is 1.08 bits per heavy atom. The monoisotopic (exact) mass is 382 g/mol. The molecule has 122 valence electrons. The first-order chi connectivity index (χ1) is 11.3. The number of halogens is 1. The Bertz CT molecular complexity index is 792. The molecule has 2 aromatic carbocycles. The molecule has 0 saturated carbocycles. The fraction of sp³-hybridized carbons (Fsp3) is 0.200. The van der Waals surface area contributed by atoms with Crippen molar-refractivity contribution in [1.29, 1.82) is 5.26 Å². The van der Waals surface area contributed by atoms with Crippen molar-refractivity contribution < 1.29 is 4.79 Å². The van der Waals surface area contributed by atoms with Crippen LogP contribution in [0.4, 0.5) is 5.69 Å². The van der Waals surface area contributed by atoms with Crippen molar-refractivity contribution in [2.24, 2.45) is 0 Å². The van der Waals surface area contributed by atoms with Crippen molar-refractivity contribution in [2.45, 2.75) is 26.2 Å². The van der Waals surface area contributed by atoms with Gasteiger partial charge in [0.2, 0.25) is 0 Å². The Morgan fingerprint density at radius 2 is 1.67 bits per heavy atom. The standard InChI is InChI=1S/C20H19BrN2O/c1-20(2,3)16-6-4-14(5-7-16)12-15(13-22)19(24)23-18-10-8-17(21)9-11-18/h4-12H,1-3H3,(H,23,24)/b15-12-. The zero-order chi connectivity index (χ0) is 17.7. The summed E-state index contributed by atoms with van der Waals surface area (Å²) in [7, 11) is 0. The highest BCUT2D eigenvalue weighted by molar-refractivity contribution is 9.10. The summed E-state index contributed by atoms with van der Waals surface area (Å²) in [4.78, 5) is 12.2. The molecule has 0 aromatic heterocycles. The fourth-order valence-corrected chi connectivity index (χ4v) is 2.39. The van der Waals surface area contributed by atoms with Gasteiger partial charge in [-0.15, -0.1) is 0 Å². The smallest absolute Gasteiger partial charge is 0.266 e. The highest BCUT2D eigenvalue weighted by atomic mass is 79.9. The number of nitrogens with zero attached hydrogens (tertiary/aromatic N) is 1. The van der Waals surface area contributed by atoms with Gasteiger partial charge in [-0.2, -0.15) is 5.26 Å². The maximum Gasteiger partial charge on any atom is 0.266 e. The van der Waals surface area contributed by atoms with Gasteiger partial charge in [0, 0.05) is 10.2 Å². The van der Waals surface area contributed by atoms with Gasteiger partial charge in [-0.1, -0.05) is 61.0 Å². The molecule has 3 nitrogen and oxygen atoms in total. The predicted molar refractivity (Wildman–Crippen MR) is 102 cm³/mol. The topological polar surface area (TPSA) is 52.9 Å². The van der Waals surface area contributed by atoms with Crippen LogP contribution in [0.25, 0.3) is 6.08 Å². The van der Waals surface area contributed by atoms with E-state index in [-0.39, 0.29) is 11.0 Å². The SMILES string of the molecule is CC(C)(C)c1ccc(/C=C(/C#N)C(=O)Nc2ccc(Br)cc2)cc1. The third kappa shape index (κ3) is 4.81. The summed E-state index contributed by atoms with van der Waals surface area (Å²) in [6, 6.07) is 17.1. The van der Waals surface area contributed by atoms with Gasteiger partial charge < -0.3 is 5.32 Å². The highest BCUT2D eigenvalue weighted by Gasteiger charge is 2.13. The summed E-state index contributed by atoms with van der Waals surface area (Å²) in [5, 5.41) is 12.0. The third-order valence-electron chi connectivity index (χ3n) is 3.55. The molecule has 0 fully saturated rings. The van der Waals surface area contributed by atoms with Crippen LogP contribution in [0.15, 0.2) is 58.6 Å². The molecule has 0 aliphatic heterocycles. The number of nitrogens with one attached hydrogen (secondary N) is 1. The highest BCUT2D eigenvalue weighted by Crippen LogP contribution is 2.23. The van der Waals surface area contributed by atoms with E-state index in [0.29, 0.717) is 5.69 Å². The maximum absolute atomic E-state index is 12.2. The van der Waals surface area contributed by atoms with Crippen LogP contribution >= 0.6 is 15.9 Å². The largest absolute Gasteiger partial charge is 0.321 e. The maximum atomic E-state index is 12.2. The van der Waals surface area contributed by atoms with Gasteiger partial charge in [-0.05, 0) is 46.9 Å². The van der Waals surface area contributed by atoms with Crippen molar-refractivity contribution in [3.05, 3.63) is 69.7 Å². The number of hydrogen-bond donors (Lipinski definition) is 1. The molecule has 0 bridgehead atoms. The molecule has 0 aliphatic rings. The average molecular weight is 383 g/mol. The number of amides is 1. The van der Waals surface area contributed by atoms with Gasteiger partial charge in [0.15, 0.2) is 0 Å². The number of hydrogen-bond acceptors (Lipinski definition) is 2. The fourth-order valence-electron chi connectivity index (χ4n) is 2.13. The molecular weight excluding hydrogens is 364 g/mol. The number of rotatable bonds is 3. The van der Waals surface area contributed by atoms with Crippen LogP contribution < -0.4 is 5.32 Å². The van der Waals surface area contributed by atoms with E-state index in [1.54, 1.807) is 18.2 Å². The summed E-state index contributed by atoms with van der Waals surface area (Å²) in [5.74, 6) is -0.417. The van der Waals surface area contributed by atoms with Crippen molar-refractivity contribution in [3.8, 4) is 6.07 Å². The molecule has 0 saturated heterocycles. The second-order valence-electron chi connectivity index (χ2n) is 6.50. The van der Waals surface area contributed by atoms with Gasteiger partial charge in [-0.25, -0.2) is 0 Å². The van der Waals surface area contributed by atoms with Crippen LogP contribution in [0.5, 0.6) is 0 Å². The van der Waals surface area contributed by atoms with Gasteiger partial charge in [0.25, 0.3) is 5.91 Å². The summed E-state index contributed by atoms with van der Waals surface area (Å²) in [5.41, 5.74) is 2.82. The Balaban J connectivity index is 2.18. The quantitative estimate of drug-likeness (QED) is 0.578. The molecular formula is C20H19BrN2O. The van der Waals surface area contributed by atoms with Crippen molar-refractivity contribution >= 4 is 33.6 Å². The van der Waals surface area contributed by atoms with Crippen LogP contribution in [0.1, 0.15) is 31.9 Å². The second-order valence-corrected chi connectivity index (χ2v) is 7.42. The van der Waals surface area contributed by atoms with Crippen molar-refractivity contribution in [1.82, 2.24) is 0 Å².